The average Bonchev–Trinajstić information content (AvgIpc) is 2.65. The molecular weight excluding hydrogens is 180 g/mol. The van der Waals surface area contributed by atoms with Gasteiger partial charge in [-0.25, -0.2) is 0 Å². The fraction of sp³-hybridized carbons (Fsp3) is 0.900. The van der Waals surface area contributed by atoms with E-state index in [9.17, 15) is 9.90 Å². The van der Waals surface area contributed by atoms with Crippen molar-refractivity contribution in [3.63, 3.8) is 0 Å². The van der Waals surface area contributed by atoms with Crippen LogP contribution >= 0.6 is 0 Å². The highest BCUT2D eigenvalue weighted by atomic mass is 16.3. The van der Waals surface area contributed by atoms with Crippen LogP contribution in [0.3, 0.4) is 0 Å². The van der Waals surface area contributed by atoms with Gasteiger partial charge in [0.2, 0.25) is 5.91 Å². The number of likely N-dealkylation sites (tertiary alicyclic amines) is 1. The molecular formula is C10H18N2O2. The summed E-state index contributed by atoms with van der Waals surface area (Å²) in [4.78, 5) is 12.9. The molecule has 1 heterocycles. The molecule has 80 valence electrons. The van der Waals surface area contributed by atoms with Gasteiger partial charge >= 0.3 is 0 Å². The molecule has 3 N–H and O–H groups in total. The van der Waals surface area contributed by atoms with Gasteiger partial charge < -0.3 is 15.7 Å². The second kappa shape index (κ2) is 3.87. The zero-order valence-electron chi connectivity index (χ0n) is 8.35. The van der Waals surface area contributed by atoms with Gasteiger partial charge in [0.1, 0.15) is 0 Å². The standard InChI is InChI=1S/C10H18N2O2/c11-10(14)3-4-12-5-7-1-2-9(13)8(7)6-12/h7-9,13H,1-6H2,(H2,11,14). The third-order valence-electron chi connectivity index (χ3n) is 3.57. The van der Waals surface area contributed by atoms with Crippen molar-refractivity contribution in [1.82, 2.24) is 4.90 Å². The summed E-state index contributed by atoms with van der Waals surface area (Å²) in [7, 11) is 0. The highest BCUT2D eigenvalue weighted by molar-refractivity contribution is 5.73. The minimum Gasteiger partial charge on any atom is -0.393 e. The number of carbonyl (C=O) groups excluding carboxylic acids is 1. The Balaban J connectivity index is 1.80. The predicted octanol–water partition coefficient (Wildman–Crippen LogP) is -0.436. The SMILES string of the molecule is NC(=O)CCN1CC2CCC(O)C2C1. The zero-order chi connectivity index (χ0) is 10.1. The molecule has 2 rings (SSSR count). The molecule has 1 saturated heterocycles. The fourth-order valence-corrected chi connectivity index (χ4v) is 2.78. The molecule has 3 atom stereocenters. The lowest BCUT2D eigenvalue weighted by molar-refractivity contribution is -0.118. The van der Waals surface area contributed by atoms with E-state index in [4.69, 9.17) is 5.73 Å². The molecule has 4 nitrogen and oxygen atoms in total. The molecule has 4 heteroatoms. The van der Waals surface area contributed by atoms with Crippen LogP contribution in [0.15, 0.2) is 0 Å². The van der Waals surface area contributed by atoms with E-state index in [0.717, 1.165) is 32.5 Å². The Labute approximate surface area is 84.1 Å². The monoisotopic (exact) mass is 198 g/mol. The summed E-state index contributed by atoms with van der Waals surface area (Å²) in [5.74, 6) is 0.864. The lowest BCUT2D eigenvalue weighted by atomic mass is 10.00. The van der Waals surface area contributed by atoms with Crippen LogP contribution in [0.4, 0.5) is 0 Å². The molecule has 2 aliphatic rings. The van der Waals surface area contributed by atoms with Crippen LogP contribution in [-0.2, 0) is 4.79 Å². The van der Waals surface area contributed by atoms with Crippen LogP contribution in [0, 0.1) is 11.8 Å². The number of fused-ring (bicyclic) bond motifs is 1. The number of hydrogen-bond acceptors (Lipinski definition) is 3. The normalized spacial score (nSPS) is 37.4. The summed E-state index contributed by atoms with van der Waals surface area (Å²) in [5, 5.41) is 9.68. The first-order valence-corrected chi connectivity index (χ1v) is 5.35. The van der Waals surface area contributed by atoms with Crippen molar-refractivity contribution < 1.29 is 9.90 Å². The predicted molar refractivity (Wildman–Crippen MR) is 52.5 cm³/mol. The molecule has 3 unspecified atom stereocenters. The van der Waals surface area contributed by atoms with E-state index < -0.39 is 0 Å². The van der Waals surface area contributed by atoms with Crippen LogP contribution in [-0.4, -0.2) is 41.7 Å². The molecule has 0 aromatic heterocycles. The Morgan fingerprint density at radius 3 is 2.86 bits per heavy atom. The van der Waals surface area contributed by atoms with E-state index in [0.29, 0.717) is 18.3 Å². The molecule has 0 aromatic rings. The van der Waals surface area contributed by atoms with Crippen LogP contribution in [0.2, 0.25) is 0 Å². The van der Waals surface area contributed by atoms with Gasteiger partial charge in [0.25, 0.3) is 0 Å². The molecule has 1 amide bonds. The highest BCUT2D eigenvalue weighted by Crippen LogP contribution is 2.37. The largest absolute Gasteiger partial charge is 0.393 e. The lowest BCUT2D eigenvalue weighted by Crippen LogP contribution is -2.28. The van der Waals surface area contributed by atoms with Gasteiger partial charge in [-0.3, -0.25) is 4.79 Å². The van der Waals surface area contributed by atoms with Crippen molar-refractivity contribution in [3.05, 3.63) is 0 Å². The molecule has 0 radical (unpaired) electrons. The van der Waals surface area contributed by atoms with Crippen molar-refractivity contribution in [2.24, 2.45) is 17.6 Å². The summed E-state index contributed by atoms with van der Waals surface area (Å²) in [5.41, 5.74) is 5.10. The smallest absolute Gasteiger partial charge is 0.218 e. The van der Waals surface area contributed by atoms with Gasteiger partial charge in [-0.15, -0.1) is 0 Å². The van der Waals surface area contributed by atoms with Gasteiger partial charge in [-0.2, -0.15) is 0 Å². The molecule has 14 heavy (non-hydrogen) atoms. The Morgan fingerprint density at radius 1 is 1.43 bits per heavy atom. The number of nitrogens with zero attached hydrogens (tertiary/aromatic N) is 1. The molecule has 0 aromatic carbocycles. The summed E-state index contributed by atoms with van der Waals surface area (Å²) < 4.78 is 0. The van der Waals surface area contributed by atoms with Crippen molar-refractivity contribution in [1.29, 1.82) is 0 Å². The van der Waals surface area contributed by atoms with E-state index in [1.165, 1.54) is 0 Å². The maximum absolute atomic E-state index is 10.6. The van der Waals surface area contributed by atoms with Gasteiger partial charge in [0, 0.05) is 32.0 Å². The first-order chi connectivity index (χ1) is 6.66. The number of aliphatic hydroxyl groups is 1. The van der Waals surface area contributed by atoms with Crippen LogP contribution in [0.1, 0.15) is 19.3 Å². The first kappa shape index (κ1) is 9.93. The van der Waals surface area contributed by atoms with E-state index in [-0.39, 0.29) is 12.0 Å². The number of aliphatic hydroxyl groups excluding tert-OH is 1. The first-order valence-electron chi connectivity index (χ1n) is 5.35. The van der Waals surface area contributed by atoms with Gasteiger partial charge in [0.05, 0.1) is 6.10 Å². The quantitative estimate of drug-likeness (QED) is 0.646. The summed E-state index contributed by atoms with van der Waals surface area (Å²) in [6.45, 7) is 2.74. The lowest BCUT2D eigenvalue weighted by Gasteiger charge is -2.16. The Kier molecular flexibility index (Phi) is 2.74. The van der Waals surface area contributed by atoms with Crippen molar-refractivity contribution >= 4 is 5.91 Å². The third kappa shape index (κ3) is 1.91. The Morgan fingerprint density at radius 2 is 2.21 bits per heavy atom. The van der Waals surface area contributed by atoms with Crippen LogP contribution < -0.4 is 5.73 Å². The second-order valence-corrected chi connectivity index (χ2v) is 4.54. The molecule has 0 spiro atoms. The number of rotatable bonds is 3. The number of hydrogen-bond donors (Lipinski definition) is 2. The van der Waals surface area contributed by atoms with Gasteiger partial charge in [-0.05, 0) is 18.8 Å². The average molecular weight is 198 g/mol. The van der Waals surface area contributed by atoms with Crippen LogP contribution in [0.5, 0.6) is 0 Å². The molecule has 1 aliphatic heterocycles. The number of primary amides is 1. The van der Waals surface area contributed by atoms with E-state index in [1.807, 2.05) is 0 Å². The third-order valence-corrected chi connectivity index (χ3v) is 3.57. The number of carbonyl (C=O) groups is 1. The molecule has 0 bridgehead atoms. The van der Waals surface area contributed by atoms with Crippen molar-refractivity contribution in [3.8, 4) is 0 Å². The number of nitrogens with two attached hydrogens (primary N) is 1. The summed E-state index contributed by atoms with van der Waals surface area (Å²) >= 11 is 0. The van der Waals surface area contributed by atoms with E-state index >= 15 is 0 Å². The molecule has 1 saturated carbocycles. The number of amides is 1. The minimum absolute atomic E-state index is 0.112. The van der Waals surface area contributed by atoms with Gasteiger partial charge in [-0.1, -0.05) is 0 Å². The minimum atomic E-state index is -0.234. The Bertz CT molecular complexity index is 232. The maximum atomic E-state index is 10.6. The van der Waals surface area contributed by atoms with Gasteiger partial charge in [0.15, 0.2) is 0 Å². The zero-order valence-corrected chi connectivity index (χ0v) is 8.35. The summed E-state index contributed by atoms with van der Waals surface area (Å²) in [6.07, 6.45) is 2.42. The Hall–Kier alpha value is -0.610. The van der Waals surface area contributed by atoms with E-state index in [1.54, 1.807) is 0 Å². The van der Waals surface area contributed by atoms with Crippen molar-refractivity contribution in [2.45, 2.75) is 25.4 Å². The summed E-state index contributed by atoms with van der Waals surface area (Å²) in [6, 6.07) is 0. The molecule has 2 fully saturated rings. The topological polar surface area (TPSA) is 66.6 Å². The van der Waals surface area contributed by atoms with E-state index in [2.05, 4.69) is 4.90 Å². The maximum Gasteiger partial charge on any atom is 0.218 e. The second-order valence-electron chi connectivity index (χ2n) is 4.54. The molecule has 1 aliphatic carbocycles. The highest BCUT2D eigenvalue weighted by Gasteiger charge is 2.41. The fourth-order valence-electron chi connectivity index (χ4n) is 2.78. The van der Waals surface area contributed by atoms with Crippen molar-refractivity contribution in [2.75, 3.05) is 19.6 Å². The van der Waals surface area contributed by atoms with Crippen LogP contribution in [0.25, 0.3) is 0 Å².